The molecule has 1 N–H and O–H groups in total. The van der Waals surface area contributed by atoms with E-state index in [0.29, 0.717) is 17.4 Å². The predicted molar refractivity (Wildman–Crippen MR) is 63.6 cm³/mol. The molecule has 0 saturated heterocycles. The van der Waals surface area contributed by atoms with Gasteiger partial charge in [-0.05, 0) is 12.1 Å². The highest BCUT2D eigenvalue weighted by Gasteiger charge is 2.06. The van der Waals surface area contributed by atoms with Crippen molar-refractivity contribution in [3.8, 4) is 0 Å². The van der Waals surface area contributed by atoms with Gasteiger partial charge in [0.1, 0.15) is 0 Å². The van der Waals surface area contributed by atoms with Crippen LogP contribution in [-0.2, 0) is 4.79 Å². The van der Waals surface area contributed by atoms with E-state index in [1.807, 2.05) is 24.3 Å². The lowest BCUT2D eigenvalue weighted by atomic mass is 10.3. The van der Waals surface area contributed by atoms with Crippen molar-refractivity contribution in [1.82, 2.24) is 4.98 Å². The van der Waals surface area contributed by atoms with Gasteiger partial charge in [0.05, 0.1) is 10.2 Å². The number of amides is 1. The van der Waals surface area contributed by atoms with E-state index in [2.05, 4.69) is 10.3 Å². The molecule has 1 aromatic carbocycles. The zero-order valence-corrected chi connectivity index (χ0v) is 9.44. The van der Waals surface area contributed by atoms with Gasteiger partial charge in [-0.1, -0.05) is 23.5 Å². The van der Waals surface area contributed by atoms with Gasteiger partial charge in [0, 0.05) is 12.3 Å². The topological polar surface area (TPSA) is 42.0 Å². The van der Waals surface area contributed by atoms with Crippen molar-refractivity contribution in [2.75, 3.05) is 11.2 Å². The Morgan fingerprint density at radius 3 is 3.00 bits per heavy atom. The van der Waals surface area contributed by atoms with Crippen LogP contribution in [0.3, 0.4) is 0 Å². The van der Waals surface area contributed by atoms with Crippen LogP contribution in [0.2, 0.25) is 0 Å². The van der Waals surface area contributed by atoms with Gasteiger partial charge in [-0.3, -0.25) is 4.79 Å². The number of fused-ring (bicyclic) bond motifs is 1. The van der Waals surface area contributed by atoms with Gasteiger partial charge in [-0.2, -0.15) is 0 Å². The lowest BCUT2D eigenvalue weighted by molar-refractivity contribution is -0.115. The summed E-state index contributed by atoms with van der Waals surface area (Å²) >= 11 is 6.93. The van der Waals surface area contributed by atoms with Crippen LogP contribution < -0.4 is 5.32 Å². The van der Waals surface area contributed by atoms with E-state index < -0.39 is 0 Å². The summed E-state index contributed by atoms with van der Waals surface area (Å²) in [7, 11) is 0. The average Bonchev–Trinajstić information content (AvgIpc) is 2.59. The van der Waals surface area contributed by atoms with Crippen LogP contribution in [0.5, 0.6) is 0 Å². The molecule has 5 heteroatoms. The summed E-state index contributed by atoms with van der Waals surface area (Å²) in [5.41, 5.74) is 0.906. The minimum absolute atomic E-state index is 0.0935. The number of nitrogens with zero attached hydrogens (tertiary/aromatic N) is 1. The number of anilines is 1. The van der Waals surface area contributed by atoms with Crippen molar-refractivity contribution in [2.24, 2.45) is 0 Å². The van der Waals surface area contributed by atoms with Crippen molar-refractivity contribution < 1.29 is 4.79 Å². The van der Waals surface area contributed by atoms with E-state index in [1.165, 1.54) is 11.3 Å². The average molecular weight is 241 g/mol. The second-order valence-corrected chi connectivity index (χ2v) is 4.38. The maximum absolute atomic E-state index is 11.3. The summed E-state index contributed by atoms with van der Waals surface area (Å²) in [4.78, 5) is 15.5. The first kappa shape index (κ1) is 10.4. The molecule has 0 radical (unpaired) electrons. The van der Waals surface area contributed by atoms with Crippen LogP contribution in [0.15, 0.2) is 24.3 Å². The third kappa shape index (κ3) is 2.46. The van der Waals surface area contributed by atoms with Crippen molar-refractivity contribution in [2.45, 2.75) is 6.42 Å². The predicted octanol–water partition coefficient (Wildman–Crippen LogP) is 2.86. The van der Waals surface area contributed by atoms with Gasteiger partial charge >= 0.3 is 0 Å². The molecule has 1 heterocycles. The molecule has 3 nitrogen and oxygen atoms in total. The standard InChI is InChI=1S/C10H9ClN2OS/c11-6-5-9(14)13-10-12-7-3-1-2-4-8(7)15-10/h1-4H,5-6H2,(H,12,13,14). The van der Waals surface area contributed by atoms with Crippen molar-refractivity contribution in [3.63, 3.8) is 0 Å². The zero-order chi connectivity index (χ0) is 10.7. The second-order valence-electron chi connectivity index (χ2n) is 2.97. The van der Waals surface area contributed by atoms with Gasteiger partial charge in [-0.15, -0.1) is 11.6 Å². The minimum atomic E-state index is -0.0935. The van der Waals surface area contributed by atoms with Gasteiger partial charge in [-0.25, -0.2) is 4.98 Å². The van der Waals surface area contributed by atoms with E-state index >= 15 is 0 Å². The number of aromatic nitrogens is 1. The number of thiazole rings is 1. The minimum Gasteiger partial charge on any atom is -0.302 e. The maximum atomic E-state index is 11.3. The number of para-hydroxylation sites is 1. The molecular weight excluding hydrogens is 232 g/mol. The van der Waals surface area contributed by atoms with Crippen molar-refractivity contribution in [1.29, 1.82) is 0 Å². The monoisotopic (exact) mass is 240 g/mol. The number of nitrogens with one attached hydrogen (secondary N) is 1. The number of rotatable bonds is 3. The number of hydrogen-bond donors (Lipinski definition) is 1. The summed E-state index contributed by atoms with van der Waals surface area (Å²) in [5.74, 6) is 0.237. The van der Waals surface area contributed by atoms with Crippen LogP contribution in [0.4, 0.5) is 5.13 Å². The van der Waals surface area contributed by atoms with Gasteiger partial charge in [0.25, 0.3) is 0 Å². The lowest BCUT2D eigenvalue weighted by Gasteiger charge is -1.96. The summed E-state index contributed by atoms with van der Waals surface area (Å²) in [5, 5.41) is 3.35. The third-order valence-corrected chi connectivity index (χ3v) is 3.00. The molecule has 0 unspecified atom stereocenters. The van der Waals surface area contributed by atoms with Gasteiger partial charge in [0.15, 0.2) is 5.13 Å². The second kappa shape index (κ2) is 4.59. The molecule has 2 rings (SSSR count). The molecule has 0 aliphatic carbocycles. The van der Waals surface area contributed by atoms with Crippen LogP contribution in [0, 0.1) is 0 Å². The van der Waals surface area contributed by atoms with Crippen LogP contribution >= 0.6 is 22.9 Å². The van der Waals surface area contributed by atoms with Gasteiger partial charge < -0.3 is 5.32 Å². The van der Waals surface area contributed by atoms with E-state index in [9.17, 15) is 4.79 Å². The summed E-state index contributed by atoms with van der Waals surface area (Å²) < 4.78 is 1.07. The molecular formula is C10H9ClN2OS. The first-order valence-electron chi connectivity index (χ1n) is 4.51. The van der Waals surface area contributed by atoms with Crippen molar-refractivity contribution >= 4 is 44.2 Å². The van der Waals surface area contributed by atoms with Crippen LogP contribution in [0.25, 0.3) is 10.2 Å². The van der Waals surface area contributed by atoms with E-state index in [1.54, 1.807) is 0 Å². The highest BCUT2D eigenvalue weighted by molar-refractivity contribution is 7.22. The van der Waals surface area contributed by atoms with Crippen LogP contribution in [-0.4, -0.2) is 16.8 Å². The quantitative estimate of drug-likeness (QED) is 0.839. The van der Waals surface area contributed by atoms with Crippen LogP contribution in [0.1, 0.15) is 6.42 Å². The molecule has 0 fully saturated rings. The molecule has 0 saturated carbocycles. The molecule has 15 heavy (non-hydrogen) atoms. The Kier molecular flexibility index (Phi) is 3.18. The molecule has 0 aliphatic rings. The normalized spacial score (nSPS) is 10.5. The molecule has 0 aliphatic heterocycles. The largest absolute Gasteiger partial charge is 0.302 e. The fraction of sp³-hybridized carbons (Fsp3) is 0.200. The molecule has 0 atom stereocenters. The first-order valence-corrected chi connectivity index (χ1v) is 5.86. The Morgan fingerprint density at radius 1 is 1.47 bits per heavy atom. The van der Waals surface area contributed by atoms with Crippen molar-refractivity contribution in [3.05, 3.63) is 24.3 Å². The number of carbonyl (C=O) groups is 1. The summed E-state index contributed by atoms with van der Waals surface area (Å²) in [6, 6.07) is 7.77. The van der Waals surface area contributed by atoms with E-state index in [4.69, 9.17) is 11.6 Å². The Labute approximate surface area is 96.1 Å². The Morgan fingerprint density at radius 2 is 2.27 bits per heavy atom. The Bertz CT molecular complexity index is 450. The number of alkyl halides is 1. The first-order chi connectivity index (χ1) is 7.29. The lowest BCUT2D eigenvalue weighted by Crippen LogP contribution is -2.11. The SMILES string of the molecule is O=C(CCCl)Nc1nc2ccccc2s1. The highest BCUT2D eigenvalue weighted by Crippen LogP contribution is 2.25. The Balaban J connectivity index is 2.18. The van der Waals surface area contributed by atoms with E-state index in [-0.39, 0.29) is 5.91 Å². The van der Waals surface area contributed by atoms with E-state index in [0.717, 1.165) is 10.2 Å². The number of hydrogen-bond acceptors (Lipinski definition) is 3. The van der Waals surface area contributed by atoms with Gasteiger partial charge in [0.2, 0.25) is 5.91 Å². The molecule has 78 valence electrons. The summed E-state index contributed by atoms with van der Waals surface area (Å²) in [6.07, 6.45) is 0.317. The number of halogens is 1. The molecule has 1 aromatic heterocycles. The molecule has 0 spiro atoms. The molecule has 1 amide bonds. The molecule has 0 bridgehead atoms. The smallest absolute Gasteiger partial charge is 0.227 e. The summed E-state index contributed by atoms with van der Waals surface area (Å²) in [6.45, 7) is 0. The fourth-order valence-corrected chi connectivity index (χ4v) is 2.25. The Hall–Kier alpha value is -1.13. The maximum Gasteiger partial charge on any atom is 0.227 e. The third-order valence-electron chi connectivity index (χ3n) is 1.86. The fourth-order valence-electron chi connectivity index (χ4n) is 1.19. The highest BCUT2D eigenvalue weighted by atomic mass is 35.5. The zero-order valence-electron chi connectivity index (χ0n) is 7.87. The molecule has 2 aromatic rings. The number of carbonyl (C=O) groups excluding carboxylic acids is 1. The number of benzene rings is 1.